The number of benzene rings is 3. The molecule has 150 valence electrons. The first-order chi connectivity index (χ1) is 14.7. The summed E-state index contributed by atoms with van der Waals surface area (Å²) in [5.74, 6) is 1.87. The van der Waals surface area contributed by atoms with Gasteiger partial charge in [0.2, 0.25) is 0 Å². The van der Waals surface area contributed by atoms with E-state index in [0.29, 0.717) is 28.0 Å². The molecule has 4 aromatic rings. The molecule has 3 aromatic carbocycles. The number of hydrogen-bond donors (Lipinski definition) is 0. The summed E-state index contributed by atoms with van der Waals surface area (Å²) in [6, 6.07) is 24.7. The molecule has 30 heavy (non-hydrogen) atoms. The van der Waals surface area contributed by atoms with Crippen molar-refractivity contribution in [3.63, 3.8) is 0 Å². The molecule has 4 rings (SSSR count). The van der Waals surface area contributed by atoms with Crippen molar-refractivity contribution in [3.8, 4) is 45.8 Å². The van der Waals surface area contributed by atoms with E-state index in [1.807, 2.05) is 54.6 Å². The van der Waals surface area contributed by atoms with E-state index in [4.69, 9.17) is 25.8 Å². The Balaban J connectivity index is 1.80. The van der Waals surface area contributed by atoms with Gasteiger partial charge in [-0.1, -0.05) is 41.9 Å². The highest BCUT2D eigenvalue weighted by Gasteiger charge is 2.13. The number of ether oxygens (including phenoxy) is 3. The highest BCUT2D eigenvalue weighted by Crippen LogP contribution is 2.34. The summed E-state index contributed by atoms with van der Waals surface area (Å²) < 4.78 is 16.7. The quantitative estimate of drug-likeness (QED) is 0.369. The van der Waals surface area contributed by atoms with Crippen LogP contribution in [0, 0.1) is 0 Å². The average Bonchev–Trinajstić information content (AvgIpc) is 2.80. The van der Waals surface area contributed by atoms with Crippen LogP contribution in [0.2, 0.25) is 5.02 Å². The first kappa shape index (κ1) is 19.7. The molecule has 5 nitrogen and oxygen atoms in total. The maximum Gasteiger partial charge on any atom is 0.323 e. The van der Waals surface area contributed by atoms with Gasteiger partial charge in [-0.2, -0.15) is 9.97 Å². The van der Waals surface area contributed by atoms with Crippen molar-refractivity contribution in [3.05, 3.63) is 83.9 Å². The molecule has 0 spiro atoms. The van der Waals surface area contributed by atoms with Crippen LogP contribution < -0.4 is 14.2 Å². The summed E-state index contributed by atoms with van der Waals surface area (Å²) in [4.78, 5) is 9.22. The maximum absolute atomic E-state index is 5.97. The van der Waals surface area contributed by atoms with E-state index >= 15 is 0 Å². The SMILES string of the molecule is COc1ccc(-c2cc(-c3ccccc3)nc(Oc3ccc(Cl)cc3)n2)cc1OC. The van der Waals surface area contributed by atoms with Gasteiger partial charge in [0.25, 0.3) is 0 Å². The molecule has 1 aromatic heterocycles. The molecule has 0 unspecified atom stereocenters. The van der Waals surface area contributed by atoms with E-state index in [9.17, 15) is 0 Å². The molecule has 0 radical (unpaired) electrons. The third-order valence-electron chi connectivity index (χ3n) is 4.48. The van der Waals surface area contributed by atoms with E-state index in [0.717, 1.165) is 16.8 Å². The summed E-state index contributed by atoms with van der Waals surface area (Å²) in [6.07, 6.45) is 0. The smallest absolute Gasteiger partial charge is 0.323 e. The molecule has 0 aliphatic heterocycles. The van der Waals surface area contributed by atoms with Crippen LogP contribution in [0.1, 0.15) is 0 Å². The zero-order valence-electron chi connectivity index (χ0n) is 16.5. The Morgan fingerprint density at radius 2 is 1.33 bits per heavy atom. The van der Waals surface area contributed by atoms with E-state index < -0.39 is 0 Å². The van der Waals surface area contributed by atoms with Crippen molar-refractivity contribution in [2.24, 2.45) is 0 Å². The second kappa shape index (κ2) is 8.84. The summed E-state index contributed by atoms with van der Waals surface area (Å²) >= 11 is 5.97. The highest BCUT2D eigenvalue weighted by molar-refractivity contribution is 6.30. The predicted molar refractivity (Wildman–Crippen MR) is 118 cm³/mol. The van der Waals surface area contributed by atoms with Crippen LogP contribution in [0.3, 0.4) is 0 Å². The highest BCUT2D eigenvalue weighted by atomic mass is 35.5. The Hall–Kier alpha value is -3.57. The second-order valence-corrected chi connectivity index (χ2v) is 6.85. The second-order valence-electron chi connectivity index (χ2n) is 6.41. The number of halogens is 1. The van der Waals surface area contributed by atoms with E-state index in [-0.39, 0.29) is 6.01 Å². The fourth-order valence-corrected chi connectivity index (χ4v) is 3.11. The van der Waals surface area contributed by atoms with Gasteiger partial charge in [-0.3, -0.25) is 0 Å². The van der Waals surface area contributed by atoms with Crippen molar-refractivity contribution < 1.29 is 14.2 Å². The van der Waals surface area contributed by atoms with Gasteiger partial charge in [0.05, 0.1) is 25.6 Å². The van der Waals surface area contributed by atoms with Gasteiger partial charge in [0, 0.05) is 16.1 Å². The molecule has 0 saturated carbocycles. The molecular formula is C24H19ClN2O3. The van der Waals surface area contributed by atoms with Gasteiger partial charge in [0.15, 0.2) is 11.5 Å². The van der Waals surface area contributed by atoms with Gasteiger partial charge in [-0.15, -0.1) is 0 Å². The Bertz CT molecular complexity index is 1150. The van der Waals surface area contributed by atoms with Crippen LogP contribution in [0.25, 0.3) is 22.5 Å². The molecule has 6 heteroatoms. The van der Waals surface area contributed by atoms with Crippen LogP contribution in [0.4, 0.5) is 0 Å². The summed E-state index contributed by atoms with van der Waals surface area (Å²) in [7, 11) is 3.21. The molecule has 0 aliphatic carbocycles. The zero-order chi connectivity index (χ0) is 20.9. The lowest BCUT2D eigenvalue weighted by molar-refractivity contribution is 0.355. The Morgan fingerprint density at radius 3 is 2.00 bits per heavy atom. The Labute approximate surface area is 179 Å². The normalized spacial score (nSPS) is 10.5. The maximum atomic E-state index is 5.97. The monoisotopic (exact) mass is 418 g/mol. The van der Waals surface area contributed by atoms with Crippen LogP contribution in [-0.2, 0) is 0 Å². The summed E-state index contributed by atoms with van der Waals surface area (Å²) in [5.41, 5.74) is 3.27. The number of hydrogen-bond acceptors (Lipinski definition) is 5. The van der Waals surface area contributed by atoms with Crippen LogP contribution in [0.5, 0.6) is 23.3 Å². The molecule has 0 saturated heterocycles. The largest absolute Gasteiger partial charge is 0.493 e. The average molecular weight is 419 g/mol. The van der Waals surface area contributed by atoms with Gasteiger partial charge >= 0.3 is 6.01 Å². The molecule has 1 heterocycles. The van der Waals surface area contributed by atoms with E-state index in [1.165, 1.54) is 0 Å². The lowest BCUT2D eigenvalue weighted by Crippen LogP contribution is -1.97. The Kier molecular flexibility index (Phi) is 5.82. The molecule has 0 aliphatic rings. The molecule has 0 N–H and O–H groups in total. The number of methoxy groups -OCH3 is 2. The third kappa shape index (κ3) is 4.36. The van der Waals surface area contributed by atoms with E-state index in [2.05, 4.69) is 9.97 Å². The minimum absolute atomic E-state index is 0.239. The molecule has 0 bridgehead atoms. The molecule has 0 fully saturated rings. The predicted octanol–water partition coefficient (Wildman–Crippen LogP) is 6.27. The minimum atomic E-state index is 0.239. The van der Waals surface area contributed by atoms with Crippen molar-refractivity contribution >= 4 is 11.6 Å². The van der Waals surface area contributed by atoms with Crippen molar-refractivity contribution in [1.82, 2.24) is 9.97 Å². The molecular weight excluding hydrogens is 400 g/mol. The fourth-order valence-electron chi connectivity index (χ4n) is 2.98. The lowest BCUT2D eigenvalue weighted by Gasteiger charge is -2.12. The standard InChI is InChI=1S/C24H19ClN2O3/c1-28-22-13-8-17(14-23(22)29-2)21-15-20(16-6-4-3-5-7-16)26-24(27-21)30-19-11-9-18(25)10-12-19/h3-15H,1-2H3. The summed E-state index contributed by atoms with van der Waals surface area (Å²) in [5, 5.41) is 0.632. The van der Waals surface area contributed by atoms with Gasteiger partial charge in [-0.05, 0) is 48.5 Å². The van der Waals surface area contributed by atoms with Gasteiger partial charge in [0.1, 0.15) is 5.75 Å². The first-order valence-corrected chi connectivity index (χ1v) is 9.64. The fraction of sp³-hybridized carbons (Fsp3) is 0.0833. The summed E-state index contributed by atoms with van der Waals surface area (Å²) in [6.45, 7) is 0. The van der Waals surface area contributed by atoms with Crippen molar-refractivity contribution in [2.75, 3.05) is 14.2 Å². The zero-order valence-corrected chi connectivity index (χ0v) is 17.3. The van der Waals surface area contributed by atoms with Gasteiger partial charge in [-0.25, -0.2) is 0 Å². The van der Waals surface area contributed by atoms with Crippen molar-refractivity contribution in [1.29, 1.82) is 0 Å². The van der Waals surface area contributed by atoms with Crippen LogP contribution in [-0.4, -0.2) is 24.2 Å². The lowest BCUT2D eigenvalue weighted by atomic mass is 10.1. The van der Waals surface area contributed by atoms with Crippen molar-refractivity contribution in [2.45, 2.75) is 0 Å². The third-order valence-corrected chi connectivity index (χ3v) is 4.73. The first-order valence-electron chi connectivity index (χ1n) is 9.26. The van der Waals surface area contributed by atoms with E-state index in [1.54, 1.807) is 38.5 Å². The Morgan fingerprint density at radius 1 is 0.667 bits per heavy atom. The van der Waals surface area contributed by atoms with Crippen LogP contribution >= 0.6 is 11.6 Å². The van der Waals surface area contributed by atoms with Crippen LogP contribution in [0.15, 0.2) is 78.9 Å². The molecule has 0 atom stereocenters. The van der Waals surface area contributed by atoms with Gasteiger partial charge < -0.3 is 14.2 Å². The minimum Gasteiger partial charge on any atom is -0.493 e. The number of rotatable bonds is 6. The topological polar surface area (TPSA) is 53.5 Å². The number of nitrogens with zero attached hydrogens (tertiary/aromatic N) is 2. The molecule has 0 amide bonds. The number of aromatic nitrogens is 2.